The van der Waals surface area contributed by atoms with Crippen LogP contribution in [0.2, 0.25) is 0 Å². The van der Waals surface area contributed by atoms with E-state index in [1.165, 1.54) is 48.6 Å². The van der Waals surface area contributed by atoms with E-state index in [2.05, 4.69) is 90.1 Å². The lowest BCUT2D eigenvalue weighted by molar-refractivity contribution is -0.396. The zero-order chi connectivity index (χ0) is 82.0. The molecule has 614 valence electrons. The number of aromatic nitrogens is 2. The Morgan fingerprint density at radius 2 is 1.06 bits per heavy atom. The van der Waals surface area contributed by atoms with Gasteiger partial charge in [0.2, 0.25) is 70.9 Å². The quantitative estimate of drug-likeness (QED) is 0.0252. The van der Waals surface area contributed by atoms with Crippen LogP contribution in [0.5, 0.6) is 5.75 Å². The number of imidazole rings is 1. The van der Waals surface area contributed by atoms with Crippen molar-refractivity contribution in [3.8, 4) is 5.75 Å². The fourth-order valence-electron chi connectivity index (χ4n) is 11.7. The molecule has 0 radical (unpaired) electrons. The number of hydrogen-bond acceptors (Lipinski definition) is 25. The molecule has 13 amide bonds. The number of carboxylic acid groups (broad SMARTS) is 1. The standard InChI is InChI=1S/C70H110N22O17S2/c1-7-36(3)54-65(105)80-32-53(96)92-26-14-19-51(92)64(104)79-31-52(95)83-45(17-12-24-77-69(72)73)59(99)82-38(5)57(97)85-47(27-40-15-10-9-11-16-40)61(101)86-48(28-41-20-22-43(94)23-21-41)62(102)91-56(39(6)93)67(107)88-50(68(108)109)34-111-110-33-44(71)58(98)84-46(18-13-25-78-70(74)75)60(100)90-55(37(4)8-2)66(106)87-49(63(103)89-54)29-42-30-76-35-81-42/h9-11,15-16,20-23,30,35-39,44-51,54-56,69-70,77-78,93-94H,7-8,12-14,17-19,24-29,31-34,71-75H2,1-6H3,(H,76,81)(H,79,104)(H,80,105)(H,82,99)(H,83,95)(H,84,98)(H,85,97)(H,86,101)(H,87,106)(H,88,107)(H,89,103)(H,90,100)(H,91,102)(H,108,109)/p+1/t36-,37-,38-,39+,44-,45-,46-,47-,48-,49-,50-,51-,54-,55-,56-/m0/s1. The van der Waals surface area contributed by atoms with Crippen molar-refractivity contribution in [1.29, 1.82) is 0 Å². The normalized spacial score (nSPS) is 25.6. The number of phenolic OH excluding ortho intramolecular Hbond substituents is 1. The molecule has 0 saturated carbocycles. The van der Waals surface area contributed by atoms with Gasteiger partial charge in [0.25, 0.3) is 5.91 Å². The highest BCUT2D eigenvalue weighted by Gasteiger charge is 2.40. The number of nitrogens with one attached hydrogen (secondary N) is 15. The van der Waals surface area contributed by atoms with Crippen LogP contribution < -0.4 is 103 Å². The first-order valence-electron chi connectivity index (χ1n) is 36.8. The van der Waals surface area contributed by atoms with Gasteiger partial charge in [-0.15, -0.1) is 0 Å². The number of carboxylic acids is 1. The maximum Gasteiger partial charge on any atom is 0.327 e. The molecule has 41 heteroatoms. The highest BCUT2D eigenvalue weighted by atomic mass is 33.1. The van der Waals surface area contributed by atoms with Crippen LogP contribution in [0, 0.1) is 11.8 Å². The van der Waals surface area contributed by atoms with Crippen molar-refractivity contribution in [2.45, 2.75) is 203 Å². The van der Waals surface area contributed by atoms with Gasteiger partial charge in [0.05, 0.1) is 31.3 Å². The fourth-order valence-corrected chi connectivity index (χ4v) is 14.1. The van der Waals surface area contributed by atoms with E-state index in [9.17, 15) is 82.4 Å². The number of hydrogen-bond donors (Lipinski definition) is 23. The second kappa shape index (κ2) is 46.9. The van der Waals surface area contributed by atoms with Gasteiger partial charge in [-0.05, 0) is 101 Å². The number of aromatic hydroxyl groups is 1. The first-order valence-corrected chi connectivity index (χ1v) is 39.3. The molecule has 0 spiro atoms. The molecular formula is C70H111N22O17S2+. The number of carbonyl (C=O) groups is 14. The molecule has 39 nitrogen and oxygen atoms in total. The summed E-state index contributed by atoms with van der Waals surface area (Å²) in [6.45, 7) is 8.41. The second-order valence-electron chi connectivity index (χ2n) is 27.5. The van der Waals surface area contributed by atoms with E-state index in [1.807, 2.05) is 0 Å². The SMILES string of the molecule is CC[C@H](C)[C@@H]1NC(=O)[C@H](Cc2cnc[nH]2)NC(=O)[C@H]([C@@H](C)CC)NC(=O)[C@H](CCCNC(N)N)NC(=O)[C@@H]([NH3+])CSSC[C@@H](C(=O)O)NC(=O)[C@H]([C@@H](C)O)NC(=O)[C@H](Cc2ccc(O)cc2)NC(=O)[C@H](Cc2ccccc2)NC(=O)[C@H](C)NC(=O)[C@H](CCCNC(N)N)NC(=O)CNC(=O)[C@@H]2CCCN2C(=O)CNC1=O. The van der Waals surface area contributed by atoms with Gasteiger partial charge in [0.1, 0.15) is 84.8 Å². The maximum absolute atomic E-state index is 14.7. The molecule has 1 aromatic heterocycles. The van der Waals surface area contributed by atoms with Crippen molar-refractivity contribution in [3.05, 3.63) is 83.9 Å². The maximum atomic E-state index is 14.7. The Bertz CT molecular complexity index is 3590. The first kappa shape index (κ1) is 92.0. The van der Waals surface area contributed by atoms with Gasteiger partial charge in [-0.2, -0.15) is 0 Å². The van der Waals surface area contributed by atoms with Gasteiger partial charge in [-0.25, -0.2) is 9.78 Å². The van der Waals surface area contributed by atoms with E-state index >= 15 is 0 Å². The zero-order valence-corrected chi connectivity index (χ0v) is 64.8. The molecule has 0 unspecified atom stereocenters. The van der Waals surface area contributed by atoms with Crippen LogP contribution in [0.3, 0.4) is 0 Å². The van der Waals surface area contributed by atoms with Gasteiger partial charge in [-0.3, -0.25) is 73.0 Å². The molecule has 29 N–H and O–H groups in total. The predicted molar refractivity (Wildman–Crippen MR) is 409 cm³/mol. The molecular weight excluding hydrogens is 1490 g/mol. The molecule has 3 heterocycles. The molecule has 2 saturated heterocycles. The van der Waals surface area contributed by atoms with Gasteiger partial charge in [0, 0.05) is 43.5 Å². The molecule has 2 aliphatic heterocycles. The summed E-state index contributed by atoms with van der Waals surface area (Å²) in [4.78, 5) is 206. The van der Waals surface area contributed by atoms with E-state index < -0.39 is 199 Å². The van der Waals surface area contributed by atoms with Crippen LogP contribution in [-0.2, 0) is 86.4 Å². The molecule has 3 aromatic rings. The Hall–Kier alpha value is -9.59. The number of nitrogens with two attached hydrogens (primary N) is 4. The summed E-state index contributed by atoms with van der Waals surface area (Å²) in [6, 6.07) is -3.27. The van der Waals surface area contributed by atoms with Crippen molar-refractivity contribution in [2.24, 2.45) is 34.8 Å². The minimum Gasteiger partial charge on any atom is -0.508 e. The number of amides is 13. The summed E-state index contributed by atoms with van der Waals surface area (Å²) < 4.78 is 0. The topological polar surface area (TPSA) is 632 Å². The van der Waals surface area contributed by atoms with Gasteiger partial charge in [0.15, 0.2) is 6.04 Å². The zero-order valence-electron chi connectivity index (χ0n) is 63.2. The summed E-state index contributed by atoms with van der Waals surface area (Å²) in [6.07, 6.45) is -0.0852. The van der Waals surface area contributed by atoms with Crippen LogP contribution in [-0.4, -0.2) is 248 Å². The summed E-state index contributed by atoms with van der Waals surface area (Å²) in [5.74, 6) is -14.6. The minimum absolute atomic E-state index is 0.0315. The Morgan fingerprint density at radius 1 is 0.577 bits per heavy atom. The average Bonchev–Trinajstić information content (AvgIpc) is 1.66. The van der Waals surface area contributed by atoms with Crippen molar-refractivity contribution < 1.29 is 88.2 Å². The summed E-state index contributed by atoms with van der Waals surface area (Å²) in [5, 5.41) is 68.3. The van der Waals surface area contributed by atoms with Crippen molar-refractivity contribution >= 4 is 104 Å². The number of quaternary nitrogens is 1. The Kier molecular flexibility index (Phi) is 38.9. The van der Waals surface area contributed by atoms with Crippen LogP contribution in [0.1, 0.15) is 110 Å². The van der Waals surface area contributed by atoms with Crippen molar-refractivity contribution in [3.63, 3.8) is 0 Å². The third-order valence-corrected chi connectivity index (χ3v) is 21.1. The third-order valence-electron chi connectivity index (χ3n) is 18.6. The number of H-pyrrole nitrogens is 1. The smallest absolute Gasteiger partial charge is 0.327 e. The van der Waals surface area contributed by atoms with Crippen LogP contribution >= 0.6 is 21.6 Å². The third kappa shape index (κ3) is 31.2. The van der Waals surface area contributed by atoms with Crippen LogP contribution in [0.25, 0.3) is 0 Å². The Labute approximate surface area is 650 Å². The van der Waals surface area contributed by atoms with Crippen molar-refractivity contribution in [1.82, 2.24) is 89.3 Å². The van der Waals surface area contributed by atoms with Gasteiger partial charge < -0.3 is 118 Å². The number of rotatable bonds is 22. The minimum atomic E-state index is -1.87. The number of aliphatic hydroxyl groups excluding tert-OH is 1. The molecule has 2 aromatic carbocycles. The van der Waals surface area contributed by atoms with E-state index in [0.717, 1.165) is 28.5 Å². The largest absolute Gasteiger partial charge is 0.508 e. The molecule has 2 fully saturated rings. The predicted octanol–water partition coefficient (Wildman–Crippen LogP) is -7.06. The molecule has 0 bridgehead atoms. The van der Waals surface area contributed by atoms with E-state index in [-0.39, 0.29) is 88.3 Å². The number of aliphatic carboxylic acids is 1. The summed E-state index contributed by atoms with van der Waals surface area (Å²) in [7, 11) is 1.89. The number of carbonyl (C=O) groups excluding carboxylic acids is 13. The fraction of sp³-hybridized carbons (Fsp3) is 0.586. The Balaban J connectivity index is 1.50. The molecule has 111 heavy (non-hydrogen) atoms. The lowest BCUT2D eigenvalue weighted by Crippen LogP contribution is -2.70. The number of nitrogens with zero attached hydrogens (tertiary/aromatic N) is 2. The lowest BCUT2D eigenvalue weighted by Gasteiger charge is -2.30. The number of fused-ring (bicyclic) bond motifs is 1. The molecule has 5 rings (SSSR count). The number of benzene rings is 2. The second-order valence-corrected chi connectivity index (χ2v) is 30.0. The van der Waals surface area contributed by atoms with E-state index in [1.54, 1.807) is 58.0 Å². The molecule has 0 aliphatic carbocycles. The summed E-state index contributed by atoms with van der Waals surface area (Å²) >= 11 is 0. The van der Waals surface area contributed by atoms with E-state index in [0.29, 0.717) is 36.1 Å². The highest BCUT2D eigenvalue weighted by molar-refractivity contribution is 8.76. The van der Waals surface area contributed by atoms with Crippen LogP contribution in [0.15, 0.2) is 67.1 Å². The van der Waals surface area contributed by atoms with Crippen LogP contribution in [0.4, 0.5) is 0 Å². The van der Waals surface area contributed by atoms with Crippen molar-refractivity contribution in [2.75, 3.05) is 44.2 Å². The number of phenols is 1. The van der Waals surface area contributed by atoms with E-state index in [4.69, 9.17) is 22.9 Å². The first-order chi connectivity index (χ1) is 52.7. The average molecular weight is 1600 g/mol. The number of aliphatic hydroxyl groups is 1. The monoisotopic (exact) mass is 1600 g/mol. The van der Waals surface area contributed by atoms with Gasteiger partial charge >= 0.3 is 5.97 Å². The van der Waals surface area contributed by atoms with Gasteiger partial charge in [-0.1, -0.05) is 105 Å². The summed E-state index contributed by atoms with van der Waals surface area (Å²) in [5.41, 5.74) is 28.0. The molecule has 2 aliphatic rings. The number of aromatic amines is 1. The highest BCUT2D eigenvalue weighted by Crippen LogP contribution is 2.24. The Morgan fingerprint density at radius 3 is 1.62 bits per heavy atom. The lowest BCUT2D eigenvalue weighted by atomic mass is 9.96. The molecule has 15 atom stereocenters.